The summed E-state index contributed by atoms with van der Waals surface area (Å²) in [6, 6.07) is 2.40. The molecule has 1 N–H and O–H groups in total. The first kappa shape index (κ1) is 15.8. The van der Waals surface area contributed by atoms with Gasteiger partial charge in [-0.05, 0) is 49.4 Å². The van der Waals surface area contributed by atoms with E-state index in [4.69, 9.17) is 4.74 Å². The zero-order valence-electron chi connectivity index (χ0n) is 13.9. The van der Waals surface area contributed by atoms with E-state index in [1.165, 1.54) is 12.8 Å². The molecule has 4 aliphatic rings. The SMILES string of the molecule is CC1(C)CCC(CNC(=O)C2(C#N)CC3CCC2CC3)OC1. The van der Waals surface area contributed by atoms with Crippen LogP contribution in [0, 0.1) is 34.0 Å². The van der Waals surface area contributed by atoms with Crippen molar-refractivity contribution in [2.75, 3.05) is 13.2 Å². The molecule has 1 aliphatic heterocycles. The average Bonchev–Trinajstić information content (AvgIpc) is 2.54. The van der Waals surface area contributed by atoms with Gasteiger partial charge in [-0.25, -0.2) is 0 Å². The Balaban J connectivity index is 1.56. The first-order chi connectivity index (χ1) is 10.5. The summed E-state index contributed by atoms with van der Waals surface area (Å²) < 4.78 is 5.86. The Morgan fingerprint density at radius 1 is 1.27 bits per heavy atom. The van der Waals surface area contributed by atoms with E-state index in [2.05, 4.69) is 25.2 Å². The first-order valence-electron chi connectivity index (χ1n) is 8.76. The molecule has 4 heteroatoms. The van der Waals surface area contributed by atoms with E-state index in [0.717, 1.165) is 38.7 Å². The molecule has 2 unspecified atom stereocenters. The third-order valence-electron chi connectivity index (χ3n) is 6.10. The van der Waals surface area contributed by atoms with Crippen molar-refractivity contribution in [2.45, 2.75) is 64.9 Å². The van der Waals surface area contributed by atoms with Gasteiger partial charge in [0.15, 0.2) is 0 Å². The Kier molecular flexibility index (Phi) is 4.20. The fourth-order valence-electron chi connectivity index (χ4n) is 4.52. The number of nitrogens with zero attached hydrogens (tertiary/aromatic N) is 1. The quantitative estimate of drug-likeness (QED) is 0.871. The van der Waals surface area contributed by atoms with E-state index in [1.807, 2.05) is 0 Å². The molecule has 4 rings (SSSR count). The molecule has 0 spiro atoms. The van der Waals surface area contributed by atoms with Crippen LogP contribution in [0.15, 0.2) is 0 Å². The number of nitriles is 1. The zero-order valence-corrected chi connectivity index (χ0v) is 13.9. The second kappa shape index (κ2) is 5.85. The van der Waals surface area contributed by atoms with Gasteiger partial charge >= 0.3 is 0 Å². The summed E-state index contributed by atoms with van der Waals surface area (Å²) in [4.78, 5) is 12.7. The summed E-state index contributed by atoms with van der Waals surface area (Å²) >= 11 is 0. The Hall–Kier alpha value is -1.08. The number of fused-ring (bicyclic) bond motifs is 3. The Morgan fingerprint density at radius 3 is 2.50 bits per heavy atom. The fraction of sp³-hybridized carbons (Fsp3) is 0.889. The molecule has 0 aromatic carbocycles. The van der Waals surface area contributed by atoms with Crippen LogP contribution in [0.5, 0.6) is 0 Å². The van der Waals surface area contributed by atoms with Crippen molar-refractivity contribution in [1.29, 1.82) is 5.26 Å². The summed E-state index contributed by atoms with van der Waals surface area (Å²) in [5.74, 6) is 0.786. The number of nitrogens with one attached hydrogen (secondary N) is 1. The second-order valence-electron chi connectivity index (χ2n) is 8.35. The molecule has 3 saturated carbocycles. The van der Waals surface area contributed by atoms with E-state index < -0.39 is 5.41 Å². The van der Waals surface area contributed by atoms with Crippen LogP contribution in [0.4, 0.5) is 0 Å². The molecule has 4 fully saturated rings. The molecule has 122 valence electrons. The summed E-state index contributed by atoms with van der Waals surface area (Å²) in [5.41, 5.74) is -0.522. The number of hydrogen-bond donors (Lipinski definition) is 1. The lowest BCUT2D eigenvalue weighted by Gasteiger charge is -2.46. The van der Waals surface area contributed by atoms with Crippen LogP contribution in [-0.4, -0.2) is 25.2 Å². The Bertz CT molecular complexity index is 464. The number of amides is 1. The van der Waals surface area contributed by atoms with Gasteiger partial charge in [0, 0.05) is 6.54 Å². The molecule has 3 aliphatic carbocycles. The maximum Gasteiger partial charge on any atom is 0.240 e. The van der Waals surface area contributed by atoms with Gasteiger partial charge in [-0.1, -0.05) is 26.7 Å². The summed E-state index contributed by atoms with van der Waals surface area (Å²) in [6.07, 6.45) is 7.46. The van der Waals surface area contributed by atoms with Crippen LogP contribution in [-0.2, 0) is 9.53 Å². The van der Waals surface area contributed by atoms with E-state index in [9.17, 15) is 10.1 Å². The van der Waals surface area contributed by atoms with Gasteiger partial charge in [0.25, 0.3) is 0 Å². The number of carbonyl (C=O) groups is 1. The molecule has 1 heterocycles. The normalized spacial score (nSPS) is 40.0. The minimum absolute atomic E-state index is 0.0437. The highest BCUT2D eigenvalue weighted by molar-refractivity contribution is 5.86. The van der Waals surface area contributed by atoms with E-state index in [1.54, 1.807) is 0 Å². The highest BCUT2D eigenvalue weighted by atomic mass is 16.5. The third-order valence-corrected chi connectivity index (χ3v) is 6.10. The maximum absolute atomic E-state index is 12.7. The fourth-order valence-corrected chi connectivity index (χ4v) is 4.52. The average molecular weight is 304 g/mol. The van der Waals surface area contributed by atoms with Crippen LogP contribution < -0.4 is 5.32 Å². The van der Waals surface area contributed by atoms with Gasteiger partial charge in [-0.2, -0.15) is 5.26 Å². The highest BCUT2D eigenvalue weighted by Gasteiger charge is 2.52. The van der Waals surface area contributed by atoms with Crippen molar-refractivity contribution in [2.24, 2.45) is 22.7 Å². The summed E-state index contributed by atoms with van der Waals surface area (Å²) in [6.45, 7) is 5.73. The molecular formula is C18H28N2O2. The minimum atomic E-state index is -0.769. The maximum atomic E-state index is 12.7. The number of carbonyl (C=O) groups excluding carboxylic acids is 1. The number of rotatable bonds is 3. The Morgan fingerprint density at radius 2 is 2.00 bits per heavy atom. The lowest BCUT2D eigenvalue weighted by Crippen LogP contribution is -2.52. The molecule has 1 saturated heterocycles. The molecule has 4 nitrogen and oxygen atoms in total. The van der Waals surface area contributed by atoms with Crippen molar-refractivity contribution >= 4 is 5.91 Å². The molecule has 1 amide bonds. The third kappa shape index (κ3) is 2.88. The van der Waals surface area contributed by atoms with Crippen LogP contribution in [0.1, 0.15) is 58.8 Å². The largest absolute Gasteiger partial charge is 0.376 e. The van der Waals surface area contributed by atoms with Crippen molar-refractivity contribution in [3.8, 4) is 6.07 Å². The molecular weight excluding hydrogens is 276 g/mol. The minimum Gasteiger partial charge on any atom is -0.376 e. The molecule has 0 aromatic rings. The van der Waals surface area contributed by atoms with Crippen LogP contribution in [0.3, 0.4) is 0 Å². The van der Waals surface area contributed by atoms with Gasteiger partial charge in [0.1, 0.15) is 5.41 Å². The van der Waals surface area contributed by atoms with E-state index in [0.29, 0.717) is 12.5 Å². The predicted octanol–water partition coefficient (Wildman–Crippen LogP) is 3.03. The zero-order chi connectivity index (χ0) is 15.8. The summed E-state index contributed by atoms with van der Waals surface area (Å²) in [7, 11) is 0. The Labute approximate surface area is 133 Å². The second-order valence-corrected chi connectivity index (χ2v) is 8.35. The molecule has 22 heavy (non-hydrogen) atoms. The molecule has 2 bridgehead atoms. The number of hydrogen-bond acceptors (Lipinski definition) is 3. The van der Waals surface area contributed by atoms with E-state index in [-0.39, 0.29) is 23.3 Å². The first-order valence-corrected chi connectivity index (χ1v) is 8.76. The lowest BCUT2D eigenvalue weighted by molar-refractivity contribution is -0.137. The standard InChI is InChI=1S/C18H28N2O2/c1-17(2)8-7-15(22-12-17)10-20-16(21)18(11-19)9-13-3-5-14(18)6-4-13/h13-15H,3-10,12H2,1-2H3,(H,20,21). The molecule has 0 aromatic heterocycles. The lowest BCUT2D eigenvalue weighted by atomic mass is 9.56. The van der Waals surface area contributed by atoms with Gasteiger partial charge in [-0.15, -0.1) is 0 Å². The van der Waals surface area contributed by atoms with Gasteiger partial charge < -0.3 is 10.1 Å². The van der Waals surface area contributed by atoms with Gasteiger partial charge in [0.2, 0.25) is 5.91 Å². The van der Waals surface area contributed by atoms with Gasteiger partial charge in [-0.3, -0.25) is 4.79 Å². The summed E-state index contributed by atoms with van der Waals surface area (Å²) in [5, 5.41) is 12.7. The van der Waals surface area contributed by atoms with Crippen molar-refractivity contribution in [3.05, 3.63) is 0 Å². The predicted molar refractivity (Wildman–Crippen MR) is 83.9 cm³/mol. The van der Waals surface area contributed by atoms with Crippen LogP contribution in [0.25, 0.3) is 0 Å². The number of ether oxygens (including phenoxy) is 1. The molecule has 0 radical (unpaired) electrons. The smallest absolute Gasteiger partial charge is 0.240 e. The van der Waals surface area contributed by atoms with Crippen LogP contribution in [0.2, 0.25) is 0 Å². The molecule has 2 atom stereocenters. The van der Waals surface area contributed by atoms with Crippen molar-refractivity contribution in [3.63, 3.8) is 0 Å². The van der Waals surface area contributed by atoms with Crippen LogP contribution >= 0.6 is 0 Å². The van der Waals surface area contributed by atoms with Crippen molar-refractivity contribution in [1.82, 2.24) is 5.32 Å². The van der Waals surface area contributed by atoms with Gasteiger partial charge in [0.05, 0.1) is 18.8 Å². The monoisotopic (exact) mass is 304 g/mol. The topological polar surface area (TPSA) is 62.1 Å². The van der Waals surface area contributed by atoms with Crippen molar-refractivity contribution < 1.29 is 9.53 Å². The van der Waals surface area contributed by atoms with E-state index >= 15 is 0 Å². The highest BCUT2D eigenvalue weighted by Crippen LogP contribution is 2.52.